The standard InChI is InChI=1S/C13H22N2O3/c1-2-18-13(17)15-9-7-14(8-10-15)12(16)11-5-3-4-6-11/h11H,2-10H2,1H3. The normalized spacial score (nSPS) is 21.2. The Morgan fingerprint density at radius 2 is 1.61 bits per heavy atom. The van der Waals surface area contributed by atoms with Crippen molar-refractivity contribution in [3.8, 4) is 0 Å². The number of nitrogens with zero attached hydrogens (tertiary/aromatic N) is 2. The van der Waals surface area contributed by atoms with Gasteiger partial charge in [-0.3, -0.25) is 4.79 Å². The monoisotopic (exact) mass is 254 g/mol. The summed E-state index contributed by atoms with van der Waals surface area (Å²) >= 11 is 0. The summed E-state index contributed by atoms with van der Waals surface area (Å²) in [5, 5.41) is 0. The van der Waals surface area contributed by atoms with E-state index in [0.29, 0.717) is 32.8 Å². The van der Waals surface area contributed by atoms with E-state index in [9.17, 15) is 9.59 Å². The summed E-state index contributed by atoms with van der Waals surface area (Å²) < 4.78 is 4.96. The molecule has 1 aliphatic heterocycles. The van der Waals surface area contributed by atoms with Crippen LogP contribution in [0.15, 0.2) is 0 Å². The van der Waals surface area contributed by atoms with Crippen molar-refractivity contribution in [1.82, 2.24) is 9.80 Å². The van der Waals surface area contributed by atoms with E-state index in [2.05, 4.69) is 0 Å². The van der Waals surface area contributed by atoms with Crippen molar-refractivity contribution in [3.63, 3.8) is 0 Å². The zero-order valence-corrected chi connectivity index (χ0v) is 11.1. The average molecular weight is 254 g/mol. The van der Waals surface area contributed by atoms with E-state index >= 15 is 0 Å². The molecule has 1 heterocycles. The van der Waals surface area contributed by atoms with Crippen molar-refractivity contribution in [1.29, 1.82) is 0 Å². The van der Waals surface area contributed by atoms with Crippen LogP contribution in [0.2, 0.25) is 0 Å². The molecule has 102 valence electrons. The SMILES string of the molecule is CCOC(=O)N1CCN(C(=O)C2CCCC2)CC1. The van der Waals surface area contributed by atoms with E-state index in [1.165, 1.54) is 12.8 Å². The predicted molar refractivity (Wildman–Crippen MR) is 67.1 cm³/mol. The van der Waals surface area contributed by atoms with Gasteiger partial charge in [0.1, 0.15) is 0 Å². The number of amides is 2. The van der Waals surface area contributed by atoms with Gasteiger partial charge < -0.3 is 14.5 Å². The Kier molecular flexibility index (Phi) is 4.44. The maximum Gasteiger partial charge on any atom is 0.409 e. The summed E-state index contributed by atoms with van der Waals surface area (Å²) in [4.78, 5) is 27.3. The fraction of sp³-hybridized carbons (Fsp3) is 0.846. The van der Waals surface area contributed by atoms with E-state index < -0.39 is 0 Å². The number of piperazine rings is 1. The quantitative estimate of drug-likeness (QED) is 0.750. The van der Waals surface area contributed by atoms with Crippen LogP contribution in [0.1, 0.15) is 32.6 Å². The molecule has 0 aromatic rings. The lowest BCUT2D eigenvalue weighted by Crippen LogP contribution is -2.51. The molecule has 0 atom stereocenters. The second kappa shape index (κ2) is 6.07. The van der Waals surface area contributed by atoms with Gasteiger partial charge in [-0.15, -0.1) is 0 Å². The van der Waals surface area contributed by atoms with Gasteiger partial charge in [0, 0.05) is 32.1 Å². The van der Waals surface area contributed by atoms with Crippen molar-refractivity contribution < 1.29 is 14.3 Å². The molecule has 18 heavy (non-hydrogen) atoms. The third-order valence-electron chi connectivity index (χ3n) is 3.82. The fourth-order valence-electron chi connectivity index (χ4n) is 2.76. The molecule has 1 saturated carbocycles. The number of hydrogen-bond donors (Lipinski definition) is 0. The van der Waals surface area contributed by atoms with Gasteiger partial charge in [0.2, 0.25) is 5.91 Å². The lowest BCUT2D eigenvalue weighted by molar-refractivity contribution is -0.136. The molecular weight excluding hydrogens is 232 g/mol. The minimum absolute atomic E-state index is 0.235. The van der Waals surface area contributed by atoms with Crippen molar-refractivity contribution in [3.05, 3.63) is 0 Å². The van der Waals surface area contributed by atoms with Crippen molar-refractivity contribution in [2.75, 3.05) is 32.8 Å². The third kappa shape index (κ3) is 2.94. The van der Waals surface area contributed by atoms with Crippen molar-refractivity contribution >= 4 is 12.0 Å². The number of ether oxygens (including phenoxy) is 1. The molecule has 0 spiro atoms. The maximum absolute atomic E-state index is 12.2. The zero-order chi connectivity index (χ0) is 13.0. The summed E-state index contributed by atoms with van der Waals surface area (Å²) in [7, 11) is 0. The van der Waals surface area contributed by atoms with Gasteiger partial charge in [0.15, 0.2) is 0 Å². The Balaban J connectivity index is 1.79. The summed E-state index contributed by atoms with van der Waals surface area (Å²) in [6.45, 7) is 4.69. The minimum Gasteiger partial charge on any atom is -0.450 e. The molecule has 5 heteroatoms. The topological polar surface area (TPSA) is 49.9 Å². The van der Waals surface area contributed by atoms with Crippen LogP contribution in [0, 0.1) is 5.92 Å². The van der Waals surface area contributed by atoms with Crippen molar-refractivity contribution in [2.45, 2.75) is 32.6 Å². The lowest BCUT2D eigenvalue weighted by atomic mass is 10.1. The smallest absolute Gasteiger partial charge is 0.409 e. The van der Waals surface area contributed by atoms with Crippen LogP contribution in [0.4, 0.5) is 4.79 Å². The van der Waals surface area contributed by atoms with Crippen LogP contribution in [-0.2, 0) is 9.53 Å². The highest BCUT2D eigenvalue weighted by molar-refractivity contribution is 5.79. The molecule has 2 aliphatic rings. The van der Waals surface area contributed by atoms with E-state index in [-0.39, 0.29) is 17.9 Å². The van der Waals surface area contributed by atoms with E-state index in [1.807, 2.05) is 4.90 Å². The Morgan fingerprint density at radius 1 is 1.06 bits per heavy atom. The van der Waals surface area contributed by atoms with Crippen LogP contribution in [0.5, 0.6) is 0 Å². The first kappa shape index (κ1) is 13.2. The van der Waals surface area contributed by atoms with Gasteiger partial charge in [-0.1, -0.05) is 12.8 Å². The minimum atomic E-state index is -0.259. The Bertz CT molecular complexity index is 305. The highest BCUT2D eigenvalue weighted by atomic mass is 16.6. The first-order valence-electron chi connectivity index (χ1n) is 6.93. The molecule has 0 aromatic heterocycles. The van der Waals surface area contributed by atoms with Crippen LogP contribution in [0.25, 0.3) is 0 Å². The number of hydrogen-bond acceptors (Lipinski definition) is 3. The molecule has 2 amide bonds. The molecule has 0 unspecified atom stereocenters. The average Bonchev–Trinajstić information content (AvgIpc) is 2.92. The Labute approximate surface area is 108 Å². The highest BCUT2D eigenvalue weighted by Gasteiger charge is 2.30. The van der Waals surface area contributed by atoms with E-state index in [4.69, 9.17) is 4.74 Å². The largest absolute Gasteiger partial charge is 0.450 e. The van der Waals surface area contributed by atoms with E-state index in [1.54, 1.807) is 11.8 Å². The summed E-state index contributed by atoms with van der Waals surface area (Å²) in [6, 6.07) is 0. The molecule has 0 bridgehead atoms. The first-order valence-corrected chi connectivity index (χ1v) is 6.93. The van der Waals surface area contributed by atoms with E-state index in [0.717, 1.165) is 12.8 Å². The maximum atomic E-state index is 12.2. The van der Waals surface area contributed by atoms with Crippen LogP contribution in [0.3, 0.4) is 0 Å². The van der Waals surface area contributed by atoms with Crippen LogP contribution < -0.4 is 0 Å². The molecule has 1 aliphatic carbocycles. The second-order valence-electron chi connectivity index (χ2n) is 4.99. The van der Waals surface area contributed by atoms with Gasteiger partial charge in [-0.05, 0) is 19.8 Å². The molecule has 5 nitrogen and oxygen atoms in total. The summed E-state index contributed by atoms with van der Waals surface area (Å²) in [5.41, 5.74) is 0. The molecule has 0 radical (unpaired) electrons. The Hall–Kier alpha value is -1.26. The Morgan fingerprint density at radius 3 is 2.17 bits per heavy atom. The zero-order valence-electron chi connectivity index (χ0n) is 11.1. The van der Waals surface area contributed by atoms with Gasteiger partial charge in [0.25, 0.3) is 0 Å². The molecule has 0 aromatic carbocycles. The predicted octanol–water partition coefficient (Wildman–Crippen LogP) is 1.48. The highest BCUT2D eigenvalue weighted by Crippen LogP contribution is 2.26. The number of rotatable bonds is 2. The third-order valence-corrected chi connectivity index (χ3v) is 3.82. The fourth-order valence-corrected chi connectivity index (χ4v) is 2.76. The first-order chi connectivity index (χ1) is 8.72. The van der Waals surface area contributed by atoms with Crippen LogP contribution >= 0.6 is 0 Å². The van der Waals surface area contributed by atoms with Crippen LogP contribution in [-0.4, -0.2) is 54.6 Å². The number of carbonyl (C=O) groups is 2. The lowest BCUT2D eigenvalue weighted by Gasteiger charge is -2.35. The van der Waals surface area contributed by atoms with Gasteiger partial charge in [-0.2, -0.15) is 0 Å². The van der Waals surface area contributed by atoms with Gasteiger partial charge >= 0.3 is 6.09 Å². The molecule has 2 rings (SSSR count). The summed E-state index contributed by atoms with van der Waals surface area (Å²) in [5.74, 6) is 0.523. The number of carbonyl (C=O) groups excluding carboxylic acids is 2. The second-order valence-corrected chi connectivity index (χ2v) is 4.99. The molecular formula is C13H22N2O3. The van der Waals surface area contributed by atoms with Gasteiger partial charge in [-0.25, -0.2) is 4.79 Å². The van der Waals surface area contributed by atoms with Crippen molar-refractivity contribution in [2.24, 2.45) is 5.92 Å². The molecule has 0 N–H and O–H groups in total. The van der Waals surface area contributed by atoms with Gasteiger partial charge in [0.05, 0.1) is 6.61 Å². The summed E-state index contributed by atoms with van der Waals surface area (Å²) in [6.07, 6.45) is 4.18. The molecule has 2 fully saturated rings. The molecule has 1 saturated heterocycles.